The normalized spacial score (nSPS) is 11.5. The molecule has 0 aliphatic heterocycles. The number of H-pyrrole nitrogens is 1. The number of imidazole rings is 1. The zero-order chi connectivity index (χ0) is 14.8. The number of nitrogens with zero attached hydrogens (tertiary/aromatic N) is 1. The summed E-state index contributed by atoms with van der Waals surface area (Å²) in [5.41, 5.74) is 1.55. The number of methoxy groups -OCH3 is 1. The molecule has 0 fully saturated rings. The Morgan fingerprint density at radius 2 is 2.20 bits per heavy atom. The van der Waals surface area contributed by atoms with Gasteiger partial charge in [0.15, 0.2) is 0 Å². The van der Waals surface area contributed by atoms with Crippen LogP contribution in [0.2, 0.25) is 0 Å². The van der Waals surface area contributed by atoms with E-state index in [2.05, 4.69) is 20.0 Å². The third kappa shape index (κ3) is 2.90. The molecule has 1 aromatic heterocycles. The van der Waals surface area contributed by atoms with Crippen molar-refractivity contribution >= 4 is 32.7 Å². The van der Waals surface area contributed by atoms with Crippen LogP contribution in [0.25, 0.3) is 11.0 Å². The fourth-order valence-electron chi connectivity index (χ4n) is 1.75. The molecule has 0 bridgehead atoms. The molecule has 8 heteroatoms. The van der Waals surface area contributed by atoms with Crippen LogP contribution in [-0.4, -0.2) is 37.3 Å². The minimum absolute atomic E-state index is 0.0418. The molecule has 1 amide bonds. The van der Waals surface area contributed by atoms with Crippen LogP contribution in [0.3, 0.4) is 0 Å². The Kier molecular flexibility index (Phi) is 3.93. The summed E-state index contributed by atoms with van der Waals surface area (Å²) in [5.74, 6) is 0.0418. The highest BCUT2D eigenvalue weighted by atomic mass is 32.2. The van der Waals surface area contributed by atoms with Gasteiger partial charge in [0.25, 0.3) is 0 Å². The van der Waals surface area contributed by atoms with Crippen LogP contribution in [0.1, 0.15) is 13.3 Å². The fraction of sp³-hybridized carbons (Fsp3) is 0.333. The predicted molar refractivity (Wildman–Crippen MR) is 74.5 cm³/mol. The quantitative estimate of drug-likeness (QED) is 0.897. The van der Waals surface area contributed by atoms with Gasteiger partial charge in [0.2, 0.25) is 15.0 Å². The van der Waals surface area contributed by atoms with Crippen molar-refractivity contribution < 1.29 is 17.9 Å². The van der Waals surface area contributed by atoms with Crippen molar-refractivity contribution in [3.05, 3.63) is 18.2 Å². The van der Waals surface area contributed by atoms with Crippen LogP contribution in [0.5, 0.6) is 0 Å². The van der Waals surface area contributed by atoms with E-state index in [1.165, 1.54) is 7.11 Å². The smallest absolute Gasteiger partial charge is 0.411 e. The van der Waals surface area contributed by atoms with Crippen LogP contribution >= 0.6 is 0 Å². The van der Waals surface area contributed by atoms with Gasteiger partial charge in [-0.15, -0.1) is 0 Å². The van der Waals surface area contributed by atoms with Gasteiger partial charge < -0.3 is 9.72 Å². The molecule has 0 spiro atoms. The van der Waals surface area contributed by atoms with E-state index in [-0.39, 0.29) is 10.9 Å². The highest BCUT2D eigenvalue weighted by Gasteiger charge is 2.18. The Morgan fingerprint density at radius 1 is 1.45 bits per heavy atom. The number of amides is 1. The number of rotatable bonds is 4. The molecule has 1 aromatic carbocycles. The molecule has 0 saturated carbocycles. The van der Waals surface area contributed by atoms with Crippen molar-refractivity contribution in [2.75, 3.05) is 18.2 Å². The number of carbonyl (C=O) groups excluding carboxylic acids is 1. The lowest BCUT2D eigenvalue weighted by Gasteiger charge is -2.02. The third-order valence-electron chi connectivity index (χ3n) is 2.66. The fourth-order valence-corrected chi connectivity index (χ4v) is 2.98. The minimum atomic E-state index is -3.39. The van der Waals surface area contributed by atoms with Crippen molar-refractivity contribution in [1.82, 2.24) is 9.97 Å². The first-order valence-electron chi connectivity index (χ1n) is 6.03. The molecule has 0 aliphatic rings. The number of aromatic amines is 1. The van der Waals surface area contributed by atoms with E-state index in [0.29, 0.717) is 23.1 Å². The number of benzene rings is 1. The van der Waals surface area contributed by atoms with Crippen LogP contribution in [0, 0.1) is 0 Å². The summed E-state index contributed by atoms with van der Waals surface area (Å²) in [6.07, 6.45) is -0.0724. The third-order valence-corrected chi connectivity index (χ3v) is 4.39. The van der Waals surface area contributed by atoms with Gasteiger partial charge in [0.05, 0.1) is 23.9 Å². The maximum Gasteiger partial charge on any atom is 0.411 e. The number of fused-ring (bicyclic) bond motifs is 1. The molecule has 0 atom stereocenters. The van der Waals surface area contributed by atoms with Gasteiger partial charge in [-0.2, -0.15) is 0 Å². The van der Waals surface area contributed by atoms with Crippen LogP contribution in [0.15, 0.2) is 23.4 Å². The van der Waals surface area contributed by atoms with Crippen molar-refractivity contribution in [2.45, 2.75) is 18.5 Å². The van der Waals surface area contributed by atoms with Crippen LogP contribution < -0.4 is 5.32 Å². The topological polar surface area (TPSA) is 101 Å². The van der Waals surface area contributed by atoms with Gasteiger partial charge in [-0.05, 0) is 24.6 Å². The number of aromatic nitrogens is 2. The van der Waals surface area contributed by atoms with Crippen molar-refractivity contribution in [2.24, 2.45) is 0 Å². The highest BCUT2D eigenvalue weighted by Crippen LogP contribution is 2.20. The maximum atomic E-state index is 11.9. The number of ether oxygens (including phenoxy) is 1. The molecule has 0 radical (unpaired) electrons. The van der Waals surface area contributed by atoms with Gasteiger partial charge in [-0.25, -0.2) is 18.2 Å². The van der Waals surface area contributed by atoms with Gasteiger partial charge in [0, 0.05) is 5.69 Å². The largest absolute Gasteiger partial charge is 0.453 e. The van der Waals surface area contributed by atoms with E-state index >= 15 is 0 Å². The number of nitrogens with one attached hydrogen (secondary N) is 2. The number of anilines is 1. The van der Waals surface area contributed by atoms with E-state index in [4.69, 9.17) is 0 Å². The highest BCUT2D eigenvalue weighted by molar-refractivity contribution is 7.91. The molecule has 20 heavy (non-hydrogen) atoms. The number of hydrogen-bond donors (Lipinski definition) is 2. The summed E-state index contributed by atoms with van der Waals surface area (Å²) < 4.78 is 28.3. The average molecular weight is 297 g/mol. The van der Waals surface area contributed by atoms with E-state index in [1.54, 1.807) is 25.1 Å². The molecule has 1 heterocycles. The first-order valence-corrected chi connectivity index (χ1v) is 7.69. The number of sulfone groups is 1. The number of hydrogen-bond acceptors (Lipinski definition) is 5. The van der Waals surface area contributed by atoms with E-state index in [9.17, 15) is 13.2 Å². The second kappa shape index (κ2) is 5.49. The van der Waals surface area contributed by atoms with Gasteiger partial charge >= 0.3 is 6.09 Å². The Hall–Kier alpha value is -2.09. The predicted octanol–water partition coefficient (Wildman–Crippen LogP) is 1.92. The van der Waals surface area contributed by atoms with E-state index < -0.39 is 15.9 Å². The SMILES string of the molecule is CCCS(=O)(=O)c1nc2ccc(NC(=O)OC)cc2[nH]1. The standard InChI is InChI=1S/C12H15N3O4S/c1-3-6-20(17,18)11-14-9-5-4-8(7-10(9)15-11)13-12(16)19-2/h4-5,7H,3,6H2,1-2H3,(H,13,16)(H,14,15). The summed E-state index contributed by atoms with van der Waals surface area (Å²) in [5, 5.41) is 2.45. The first kappa shape index (κ1) is 14.3. The molecule has 2 N–H and O–H groups in total. The molecular formula is C12H15N3O4S. The lowest BCUT2D eigenvalue weighted by Crippen LogP contribution is -2.10. The van der Waals surface area contributed by atoms with E-state index in [1.807, 2.05) is 0 Å². The lowest BCUT2D eigenvalue weighted by molar-refractivity contribution is 0.187. The first-order chi connectivity index (χ1) is 9.46. The Morgan fingerprint density at radius 3 is 2.85 bits per heavy atom. The molecular weight excluding hydrogens is 282 g/mol. The van der Waals surface area contributed by atoms with E-state index in [0.717, 1.165) is 0 Å². The molecule has 0 aliphatic carbocycles. The molecule has 0 unspecified atom stereocenters. The van der Waals surface area contributed by atoms with Crippen molar-refractivity contribution in [1.29, 1.82) is 0 Å². The van der Waals surface area contributed by atoms with Gasteiger partial charge in [-0.3, -0.25) is 5.32 Å². The Bertz CT molecular complexity index is 736. The second-order valence-electron chi connectivity index (χ2n) is 4.21. The van der Waals surface area contributed by atoms with Crippen molar-refractivity contribution in [3.8, 4) is 0 Å². The van der Waals surface area contributed by atoms with Crippen LogP contribution in [-0.2, 0) is 14.6 Å². The summed E-state index contributed by atoms with van der Waals surface area (Å²) >= 11 is 0. The van der Waals surface area contributed by atoms with Crippen molar-refractivity contribution in [3.63, 3.8) is 0 Å². The Balaban J connectivity index is 2.37. The summed E-state index contributed by atoms with van der Waals surface area (Å²) in [6, 6.07) is 4.85. The molecule has 7 nitrogen and oxygen atoms in total. The molecule has 2 rings (SSSR count). The molecule has 2 aromatic rings. The van der Waals surface area contributed by atoms with Gasteiger partial charge in [-0.1, -0.05) is 6.92 Å². The second-order valence-corrected chi connectivity index (χ2v) is 6.23. The lowest BCUT2D eigenvalue weighted by atomic mass is 10.3. The summed E-state index contributed by atoms with van der Waals surface area (Å²) in [7, 11) is -2.13. The monoisotopic (exact) mass is 297 g/mol. The zero-order valence-corrected chi connectivity index (χ0v) is 12.0. The summed E-state index contributed by atoms with van der Waals surface area (Å²) in [6.45, 7) is 1.79. The molecule has 108 valence electrons. The summed E-state index contributed by atoms with van der Waals surface area (Å²) in [4.78, 5) is 17.9. The zero-order valence-electron chi connectivity index (χ0n) is 11.1. The average Bonchev–Trinajstić information content (AvgIpc) is 2.82. The minimum Gasteiger partial charge on any atom is -0.453 e. The molecule has 0 saturated heterocycles. The number of carbonyl (C=O) groups is 1. The van der Waals surface area contributed by atoms with Gasteiger partial charge in [0.1, 0.15) is 0 Å². The maximum absolute atomic E-state index is 11.9. The van der Waals surface area contributed by atoms with Crippen LogP contribution in [0.4, 0.5) is 10.5 Å². The Labute approximate surface area is 116 Å².